The molecule has 5 rings (SSSR count). The molecule has 3 heteroatoms. The molecule has 0 heterocycles. The summed E-state index contributed by atoms with van der Waals surface area (Å²) in [5.41, 5.74) is 1.68. The summed E-state index contributed by atoms with van der Waals surface area (Å²) in [6.45, 7) is 16.9. The summed E-state index contributed by atoms with van der Waals surface area (Å²) in [4.78, 5) is 12.8. The lowest BCUT2D eigenvalue weighted by molar-refractivity contribution is -0.205. The number of aliphatic hydroxyl groups is 1. The molecule has 4 fully saturated rings. The van der Waals surface area contributed by atoms with E-state index >= 15 is 0 Å². The molecule has 186 valence electrons. The number of carbonyl (C=O) groups is 1. The molecule has 5 aliphatic carbocycles. The zero-order valence-corrected chi connectivity index (χ0v) is 22.3. The summed E-state index contributed by atoms with van der Waals surface area (Å²) in [5.74, 6) is 0.807. The van der Waals surface area contributed by atoms with Crippen molar-refractivity contribution in [1.82, 2.24) is 0 Å². The standard InChI is InChI=1S/C30H48O3/c1-25(2)14-16-30(24(32)33)17-15-28(6)19(20(30)18-25)8-9-22-27(5)12-11-23(31)26(3,4)21(27)10-13-29(22,28)7/h8,20-23,31H,9-18H2,1-7H3,(H,32,33)/t20-,21-,22+,23+,27+,28-,29-,30+/m1/s1. The van der Waals surface area contributed by atoms with E-state index in [1.807, 2.05) is 0 Å². The zero-order valence-electron chi connectivity index (χ0n) is 22.3. The topological polar surface area (TPSA) is 57.5 Å². The third-order valence-electron chi connectivity index (χ3n) is 13.0. The van der Waals surface area contributed by atoms with Gasteiger partial charge in [0.05, 0.1) is 11.5 Å². The highest BCUT2D eigenvalue weighted by molar-refractivity contribution is 5.76. The number of aliphatic hydroxyl groups excluding tert-OH is 1. The Kier molecular flexibility index (Phi) is 4.99. The predicted octanol–water partition coefficient (Wildman–Crippen LogP) is 7.23. The van der Waals surface area contributed by atoms with Gasteiger partial charge in [-0.05, 0) is 109 Å². The predicted molar refractivity (Wildman–Crippen MR) is 133 cm³/mol. The normalized spacial score (nSPS) is 52.4. The fourth-order valence-electron chi connectivity index (χ4n) is 10.6. The van der Waals surface area contributed by atoms with Crippen LogP contribution in [-0.2, 0) is 4.79 Å². The molecule has 5 aliphatic rings. The first-order chi connectivity index (χ1) is 15.1. The van der Waals surface area contributed by atoms with E-state index in [1.54, 1.807) is 0 Å². The van der Waals surface area contributed by atoms with Crippen LogP contribution in [0.2, 0.25) is 0 Å². The molecule has 0 saturated heterocycles. The SMILES string of the molecule is CC1(C)CC[C@]2(C(=O)O)CC[C@]3(C)C(=CC[C@H]4[C@@]5(C)CC[C@H](O)C(C)(C)[C@H]5CC[C@]43C)[C@H]2C1. The number of hydrogen-bond acceptors (Lipinski definition) is 2. The minimum atomic E-state index is -0.553. The molecule has 0 radical (unpaired) electrons. The van der Waals surface area contributed by atoms with Gasteiger partial charge in [-0.1, -0.05) is 60.1 Å². The molecular weight excluding hydrogens is 408 g/mol. The van der Waals surface area contributed by atoms with Crippen molar-refractivity contribution in [3.63, 3.8) is 0 Å². The Balaban J connectivity index is 1.60. The van der Waals surface area contributed by atoms with Crippen molar-refractivity contribution < 1.29 is 15.0 Å². The van der Waals surface area contributed by atoms with Gasteiger partial charge in [-0.15, -0.1) is 0 Å². The lowest BCUT2D eigenvalue weighted by atomic mass is 9.33. The van der Waals surface area contributed by atoms with Gasteiger partial charge < -0.3 is 10.2 Å². The van der Waals surface area contributed by atoms with E-state index in [-0.39, 0.29) is 39.1 Å². The largest absolute Gasteiger partial charge is 0.481 e. The van der Waals surface area contributed by atoms with E-state index < -0.39 is 11.4 Å². The molecular formula is C30H48O3. The van der Waals surface area contributed by atoms with Crippen LogP contribution < -0.4 is 0 Å². The van der Waals surface area contributed by atoms with Crippen molar-refractivity contribution in [2.24, 2.45) is 50.2 Å². The van der Waals surface area contributed by atoms with Crippen LogP contribution in [0.4, 0.5) is 0 Å². The van der Waals surface area contributed by atoms with Crippen molar-refractivity contribution in [1.29, 1.82) is 0 Å². The summed E-state index contributed by atoms with van der Waals surface area (Å²) in [7, 11) is 0. The molecule has 0 bridgehead atoms. The minimum Gasteiger partial charge on any atom is -0.481 e. The first kappa shape index (κ1) is 23.9. The van der Waals surface area contributed by atoms with Gasteiger partial charge in [0.2, 0.25) is 0 Å². The van der Waals surface area contributed by atoms with Crippen LogP contribution in [-0.4, -0.2) is 22.3 Å². The molecule has 0 spiro atoms. The van der Waals surface area contributed by atoms with Gasteiger partial charge in [-0.2, -0.15) is 0 Å². The van der Waals surface area contributed by atoms with Gasteiger partial charge in [0.15, 0.2) is 0 Å². The van der Waals surface area contributed by atoms with Crippen molar-refractivity contribution in [3.8, 4) is 0 Å². The van der Waals surface area contributed by atoms with Crippen molar-refractivity contribution in [2.75, 3.05) is 0 Å². The lowest BCUT2D eigenvalue weighted by Crippen LogP contribution is -2.65. The zero-order chi connectivity index (χ0) is 24.2. The molecule has 0 aromatic carbocycles. The quantitative estimate of drug-likeness (QED) is 0.409. The van der Waals surface area contributed by atoms with Gasteiger partial charge in [0.25, 0.3) is 0 Å². The monoisotopic (exact) mass is 456 g/mol. The fraction of sp³-hybridized carbons (Fsp3) is 0.900. The smallest absolute Gasteiger partial charge is 0.310 e. The maximum atomic E-state index is 12.8. The van der Waals surface area contributed by atoms with E-state index in [2.05, 4.69) is 54.5 Å². The molecule has 0 amide bonds. The molecule has 2 N–H and O–H groups in total. The number of allylic oxidation sites excluding steroid dienone is 2. The summed E-state index contributed by atoms with van der Waals surface area (Å²) in [6, 6.07) is 0. The van der Waals surface area contributed by atoms with Crippen LogP contribution in [0.5, 0.6) is 0 Å². The van der Waals surface area contributed by atoms with Crippen LogP contribution >= 0.6 is 0 Å². The summed E-state index contributed by atoms with van der Waals surface area (Å²) in [6.07, 6.45) is 12.6. The molecule has 0 aromatic heterocycles. The second-order valence-corrected chi connectivity index (χ2v) is 15.1. The van der Waals surface area contributed by atoms with E-state index in [1.165, 1.54) is 18.4 Å². The van der Waals surface area contributed by atoms with E-state index in [0.717, 1.165) is 51.4 Å². The van der Waals surface area contributed by atoms with Crippen LogP contribution in [0.25, 0.3) is 0 Å². The van der Waals surface area contributed by atoms with Crippen LogP contribution in [0, 0.1) is 50.2 Å². The summed E-state index contributed by atoms with van der Waals surface area (Å²) in [5, 5.41) is 21.4. The average Bonchev–Trinajstić information content (AvgIpc) is 2.71. The second-order valence-electron chi connectivity index (χ2n) is 15.1. The molecule has 0 aliphatic heterocycles. The maximum absolute atomic E-state index is 12.8. The number of rotatable bonds is 1. The highest BCUT2D eigenvalue weighted by atomic mass is 16.4. The summed E-state index contributed by atoms with van der Waals surface area (Å²) >= 11 is 0. The lowest BCUT2D eigenvalue weighted by Gasteiger charge is -2.71. The van der Waals surface area contributed by atoms with Gasteiger partial charge in [-0.3, -0.25) is 4.79 Å². The fourth-order valence-corrected chi connectivity index (χ4v) is 10.6. The Labute approximate surface area is 201 Å². The number of aliphatic carboxylic acids is 1. The molecule has 3 nitrogen and oxygen atoms in total. The van der Waals surface area contributed by atoms with E-state index in [0.29, 0.717) is 11.8 Å². The molecule has 4 saturated carbocycles. The number of hydrogen-bond donors (Lipinski definition) is 2. The number of carboxylic acids is 1. The minimum absolute atomic E-state index is 0.0301. The van der Waals surface area contributed by atoms with E-state index in [4.69, 9.17) is 0 Å². The van der Waals surface area contributed by atoms with E-state index in [9.17, 15) is 15.0 Å². The second kappa shape index (κ2) is 6.89. The van der Waals surface area contributed by atoms with Gasteiger partial charge in [-0.25, -0.2) is 0 Å². The summed E-state index contributed by atoms with van der Waals surface area (Å²) < 4.78 is 0. The highest BCUT2D eigenvalue weighted by Gasteiger charge is 2.69. The molecule has 33 heavy (non-hydrogen) atoms. The van der Waals surface area contributed by atoms with Gasteiger partial charge >= 0.3 is 5.97 Å². The average molecular weight is 457 g/mol. The third-order valence-corrected chi connectivity index (χ3v) is 13.0. The Morgan fingerprint density at radius 1 is 0.879 bits per heavy atom. The Hall–Kier alpha value is -0.830. The number of fused-ring (bicyclic) bond motifs is 7. The Morgan fingerprint density at radius 3 is 2.21 bits per heavy atom. The number of carboxylic acid groups (broad SMARTS) is 1. The molecule has 8 atom stereocenters. The first-order valence-electron chi connectivity index (χ1n) is 13.8. The van der Waals surface area contributed by atoms with Crippen molar-refractivity contribution in [2.45, 2.75) is 119 Å². The Bertz CT molecular complexity index is 885. The van der Waals surface area contributed by atoms with Crippen molar-refractivity contribution in [3.05, 3.63) is 11.6 Å². The molecule has 0 unspecified atom stereocenters. The van der Waals surface area contributed by atoms with Crippen LogP contribution in [0.1, 0.15) is 113 Å². The Morgan fingerprint density at radius 2 is 1.55 bits per heavy atom. The van der Waals surface area contributed by atoms with Crippen molar-refractivity contribution >= 4 is 5.97 Å². The highest BCUT2D eigenvalue weighted by Crippen LogP contribution is 2.75. The van der Waals surface area contributed by atoms with Gasteiger partial charge in [0.1, 0.15) is 0 Å². The van der Waals surface area contributed by atoms with Crippen LogP contribution in [0.15, 0.2) is 11.6 Å². The molecule has 0 aromatic rings. The first-order valence-corrected chi connectivity index (χ1v) is 13.8. The van der Waals surface area contributed by atoms with Gasteiger partial charge in [0, 0.05) is 0 Å². The van der Waals surface area contributed by atoms with Crippen LogP contribution in [0.3, 0.4) is 0 Å². The third kappa shape index (κ3) is 2.87. The maximum Gasteiger partial charge on any atom is 0.310 e.